The number of aliphatic hydroxyl groups excluding tert-OH is 3. The minimum atomic E-state index is -1.20. The zero-order valence-corrected chi connectivity index (χ0v) is 69.8. The molecule has 1 aliphatic rings. The second-order valence-electron chi connectivity index (χ2n) is 26.9. The summed E-state index contributed by atoms with van der Waals surface area (Å²) in [6.45, 7) is 6.65. The fraction of sp³-hybridized carbons (Fsp3) is 0.359. The average molecular weight is 1690 g/mol. The summed E-state index contributed by atoms with van der Waals surface area (Å²) in [6.07, 6.45) is 2.29. The van der Waals surface area contributed by atoms with Crippen molar-refractivity contribution in [3.05, 3.63) is 287 Å². The molecule has 4 amide bonds. The molecule has 0 bridgehead atoms. The number of hydrogen-bond donors (Lipinski definition) is 11. The Morgan fingerprint density at radius 3 is 0.828 bits per heavy atom. The van der Waals surface area contributed by atoms with Gasteiger partial charge in [-0.1, -0.05) is 243 Å². The van der Waals surface area contributed by atoms with Gasteiger partial charge in [0.15, 0.2) is 0 Å². The number of methoxy groups -OCH3 is 3. The SMILES string of the molecule is C1CCOC1.CC(=O)OCc1ccccc1.COC[C@@H](CC(=O)OCc1ccccc1)C(=O)NCc1ccccc1.COC[C@@H](CC(C)=O)C(=O)NCc1ccccc1.COC[C@@H](N)C(=O)NCc1ccccc1.N[C@H](CO)C(=O)O.O=C(C[C@H](CO)C(=O)NCc1ccccc1)OCc1ccccc1.O=C(C[C@H](CO)C(=O)O)OCc1ccccc1. The number of rotatable bonds is 39. The Bertz CT molecular complexity index is 4160. The van der Waals surface area contributed by atoms with Crippen molar-refractivity contribution in [2.45, 2.75) is 117 Å². The highest BCUT2D eigenvalue weighted by Crippen LogP contribution is 2.14. The normalized spacial score (nSPS) is 12.1. The number of esters is 4. The van der Waals surface area contributed by atoms with E-state index in [2.05, 4.69) is 21.3 Å². The van der Waals surface area contributed by atoms with E-state index in [0.717, 1.165) is 57.7 Å². The van der Waals surface area contributed by atoms with Crippen LogP contribution in [0.1, 0.15) is 96.9 Å². The zero-order valence-electron chi connectivity index (χ0n) is 69.8. The van der Waals surface area contributed by atoms with Crippen LogP contribution < -0.4 is 32.7 Å². The number of aliphatic carboxylic acids is 2. The van der Waals surface area contributed by atoms with Gasteiger partial charge in [-0.3, -0.25) is 47.9 Å². The van der Waals surface area contributed by atoms with Gasteiger partial charge in [0.05, 0.1) is 82.6 Å². The predicted octanol–water partition coefficient (Wildman–Crippen LogP) is 8.31. The van der Waals surface area contributed by atoms with Crippen LogP contribution in [-0.4, -0.2) is 177 Å². The van der Waals surface area contributed by atoms with E-state index in [9.17, 15) is 57.8 Å². The first-order valence-electron chi connectivity index (χ1n) is 39.2. The second-order valence-corrected chi connectivity index (χ2v) is 26.9. The monoisotopic (exact) mass is 1690 g/mol. The Labute approximate surface area is 712 Å². The van der Waals surface area contributed by atoms with E-state index in [4.69, 9.17) is 69.8 Å². The molecule has 30 nitrogen and oxygen atoms in total. The van der Waals surface area contributed by atoms with Crippen molar-refractivity contribution in [2.75, 3.05) is 74.2 Å². The van der Waals surface area contributed by atoms with Gasteiger partial charge in [0.25, 0.3) is 0 Å². The lowest BCUT2D eigenvalue weighted by Crippen LogP contribution is -2.43. The topological polar surface area (TPSA) is 463 Å². The molecule has 1 fully saturated rings. The fourth-order valence-corrected chi connectivity index (χ4v) is 9.98. The third-order valence-electron chi connectivity index (χ3n) is 16.7. The van der Waals surface area contributed by atoms with Crippen molar-refractivity contribution >= 4 is 65.2 Å². The lowest BCUT2D eigenvalue weighted by molar-refractivity contribution is -0.153. The maximum Gasteiger partial charge on any atom is 0.322 e. The molecule has 8 aromatic carbocycles. The molecule has 0 unspecified atom stereocenters. The summed E-state index contributed by atoms with van der Waals surface area (Å²) >= 11 is 0. The third-order valence-corrected chi connectivity index (χ3v) is 16.7. The third kappa shape index (κ3) is 53.3. The van der Waals surface area contributed by atoms with Gasteiger partial charge in [-0.15, -0.1) is 0 Å². The smallest absolute Gasteiger partial charge is 0.322 e. The average Bonchev–Trinajstić information content (AvgIpc) is 0.958. The minimum Gasteiger partial charge on any atom is -0.481 e. The fourth-order valence-electron chi connectivity index (χ4n) is 9.98. The first kappa shape index (κ1) is 106. The number of benzene rings is 8. The van der Waals surface area contributed by atoms with Crippen molar-refractivity contribution in [1.29, 1.82) is 0 Å². The van der Waals surface area contributed by atoms with Crippen LogP contribution in [0.5, 0.6) is 0 Å². The second kappa shape index (κ2) is 67.5. The first-order chi connectivity index (χ1) is 58.8. The molecule has 0 saturated carbocycles. The minimum absolute atomic E-state index is 0.00749. The number of hydrogen-bond acceptors (Lipinski definition) is 24. The molecular formula is C92H118N6O24. The molecule has 122 heavy (non-hydrogen) atoms. The predicted molar refractivity (Wildman–Crippen MR) is 455 cm³/mol. The van der Waals surface area contributed by atoms with Crippen LogP contribution in [-0.2, 0) is 143 Å². The number of Topliss-reactive ketones (excluding diaryl/α,β-unsaturated/α-hetero) is 1. The van der Waals surface area contributed by atoms with E-state index in [1.807, 2.05) is 231 Å². The molecule has 0 radical (unpaired) electrons. The summed E-state index contributed by atoms with van der Waals surface area (Å²) in [6, 6.07) is 74.0. The Hall–Kier alpha value is -12.2. The van der Waals surface area contributed by atoms with Crippen molar-refractivity contribution in [3.63, 3.8) is 0 Å². The van der Waals surface area contributed by atoms with Crippen molar-refractivity contribution in [2.24, 2.45) is 35.1 Å². The largest absolute Gasteiger partial charge is 0.481 e. The van der Waals surface area contributed by atoms with Crippen LogP contribution in [0.2, 0.25) is 0 Å². The van der Waals surface area contributed by atoms with Crippen LogP contribution in [0.4, 0.5) is 0 Å². The number of carboxylic acids is 2. The van der Waals surface area contributed by atoms with E-state index in [0.29, 0.717) is 32.8 Å². The summed E-state index contributed by atoms with van der Waals surface area (Å²) in [5.74, 6) is -7.99. The van der Waals surface area contributed by atoms with Crippen molar-refractivity contribution in [3.8, 4) is 0 Å². The van der Waals surface area contributed by atoms with E-state index < -0.39 is 85.4 Å². The molecule has 1 aliphatic heterocycles. The highest BCUT2D eigenvalue weighted by molar-refractivity contribution is 5.86. The summed E-state index contributed by atoms with van der Waals surface area (Å²) in [4.78, 5) is 125. The Kier molecular flexibility index (Phi) is 58.6. The van der Waals surface area contributed by atoms with Gasteiger partial charge in [-0.05, 0) is 64.3 Å². The van der Waals surface area contributed by atoms with E-state index in [-0.39, 0.29) is 101 Å². The number of ketones is 1. The first-order valence-corrected chi connectivity index (χ1v) is 39.2. The molecule has 9 rings (SSSR count). The number of carboxylic acid groups (broad SMARTS) is 2. The van der Waals surface area contributed by atoms with Gasteiger partial charge in [-0.25, -0.2) is 0 Å². The van der Waals surface area contributed by atoms with E-state index in [1.54, 1.807) is 12.1 Å². The molecule has 1 heterocycles. The quantitative estimate of drug-likeness (QED) is 0.0127. The standard InChI is InChI=1S/C20H23NO4.C19H21NO4.C14H19NO3.C12H14O5.C11H16N2O2.C9H10O2.C4H8O.C3H7NO3/c1-24-15-18(20(23)21-13-16-8-4-2-5-9-16)12-19(22)25-14-17-10-6-3-7-11-17;21-13-17(19(23)20-12-15-7-3-1-4-8-15)11-18(22)24-14-16-9-5-2-6-10-16;1-11(16)8-13(10-18-2)14(17)15-9-12-6-4-3-5-7-12;13-7-10(12(15)16)6-11(14)17-8-9-4-2-1-3-5-9;1-15-8-10(12)11(14)13-7-9-5-3-2-4-6-9;1-8(10)11-7-9-5-3-2-4-6-9;1-2-4-5-3-1;4-2(1-5)3(6)7/h2-11,18H,12-15H2,1H3,(H,21,23);1-10,17,21H,11-14H2,(H,20,23);3-7,13H,8-10H2,1-2H3,(H,15,17);1-5,10,13H,6-8H2,(H,15,16);2-6,10H,7-8,12H2,1H3,(H,13,14);2-6H,7H2,1H3;1-4H2;2,5H,1,4H2,(H,6,7)/t18-;17-;13-;2*10-;;;2-/m11111..1/s1. The molecule has 6 atom stereocenters. The lowest BCUT2D eigenvalue weighted by atomic mass is 10.0. The Morgan fingerprint density at radius 1 is 0.328 bits per heavy atom. The number of carbonyl (C=O) groups is 11. The number of ether oxygens (including phenoxy) is 8. The molecule has 8 aromatic rings. The van der Waals surface area contributed by atoms with Crippen LogP contribution in [0, 0.1) is 23.7 Å². The molecular weight excluding hydrogens is 1570 g/mol. The van der Waals surface area contributed by atoms with Gasteiger partial charge >= 0.3 is 35.8 Å². The molecule has 13 N–H and O–H groups in total. The Morgan fingerprint density at radius 2 is 0.590 bits per heavy atom. The summed E-state index contributed by atoms with van der Waals surface area (Å²) in [7, 11) is 4.55. The van der Waals surface area contributed by atoms with E-state index in [1.165, 1.54) is 48.0 Å². The van der Waals surface area contributed by atoms with Crippen LogP contribution in [0.15, 0.2) is 243 Å². The maximum atomic E-state index is 12.3. The summed E-state index contributed by atoms with van der Waals surface area (Å²) in [5.41, 5.74) is 18.0. The van der Waals surface area contributed by atoms with Crippen molar-refractivity contribution in [1.82, 2.24) is 21.3 Å². The highest BCUT2D eigenvalue weighted by Gasteiger charge is 2.26. The van der Waals surface area contributed by atoms with Gasteiger partial charge in [-0.2, -0.15) is 0 Å². The lowest BCUT2D eigenvalue weighted by Gasteiger charge is -2.15. The van der Waals surface area contributed by atoms with Crippen LogP contribution >= 0.6 is 0 Å². The number of nitrogens with two attached hydrogens (primary N) is 2. The molecule has 1 saturated heterocycles. The maximum absolute atomic E-state index is 12.3. The van der Waals surface area contributed by atoms with Gasteiger partial charge in [0, 0.05) is 74.1 Å². The summed E-state index contributed by atoms with van der Waals surface area (Å²) < 4.78 is 39.8. The number of carbonyl (C=O) groups excluding carboxylic acids is 9. The molecule has 660 valence electrons. The summed E-state index contributed by atoms with van der Waals surface area (Å²) in [5, 5.41) is 53.8. The molecule has 0 aromatic heterocycles. The number of aliphatic hydroxyl groups is 3. The highest BCUT2D eigenvalue weighted by atomic mass is 16.5. The molecule has 30 heteroatoms. The van der Waals surface area contributed by atoms with Crippen LogP contribution in [0.3, 0.4) is 0 Å². The molecule has 0 aliphatic carbocycles. The van der Waals surface area contributed by atoms with Crippen LogP contribution in [0.25, 0.3) is 0 Å². The molecule has 0 spiro atoms. The Balaban J connectivity index is 0.000000489. The van der Waals surface area contributed by atoms with Gasteiger partial charge < -0.3 is 101 Å². The zero-order chi connectivity index (χ0) is 89.8. The number of nitrogens with one attached hydrogen (secondary N) is 4. The van der Waals surface area contributed by atoms with Gasteiger partial charge in [0.2, 0.25) is 23.6 Å². The van der Waals surface area contributed by atoms with E-state index >= 15 is 0 Å². The number of amides is 4. The van der Waals surface area contributed by atoms with Gasteiger partial charge in [0.1, 0.15) is 44.3 Å². The van der Waals surface area contributed by atoms with Crippen molar-refractivity contribution < 1.29 is 116 Å².